The predicted octanol–water partition coefficient (Wildman–Crippen LogP) is 3.76. The Kier molecular flexibility index (Phi) is 5.96. The van der Waals surface area contributed by atoms with Crippen LogP contribution in [-0.4, -0.2) is 37.3 Å². The van der Waals surface area contributed by atoms with Crippen molar-refractivity contribution in [2.24, 2.45) is 0 Å². The fourth-order valence-electron chi connectivity index (χ4n) is 1.66. The van der Waals surface area contributed by atoms with E-state index in [0.717, 1.165) is 4.88 Å². The van der Waals surface area contributed by atoms with Crippen molar-refractivity contribution in [3.05, 3.63) is 57.3 Å². The number of likely N-dealkylation sites (N-methyl/N-ethyl adjacent to an activating group) is 1. The monoisotopic (exact) mass is 349 g/mol. The number of nitrogens with zero attached hydrogens (tertiary/aromatic N) is 1. The Balaban J connectivity index is 1.94. The lowest BCUT2D eigenvalue weighted by molar-refractivity contribution is -0.130. The zero-order valence-electron chi connectivity index (χ0n) is 12.8. The van der Waals surface area contributed by atoms with Crippen molar-refractivity contribution in [1.29, 1.82) is 0 Å². The Morgan fingerprint density at radius 1 is 1.17 bits per heavy atom. The normalized spacial score (nSPS) is 10.7. The lowest BCUT2D eigenvalue weighted by atomic mass is 10.1. The molecule has 2 aromatic rings. The van der Waals surface area contributed by atoms with E-state index in [1.165, 1.54) is 22.3 Å². The molecule has 0 aliphatic carbocycles. The highest BCUT2D eigenvalue weighted by Crippen LogP contribution is 2.22. The van der Waals surface area contributed by atoms with Crippen molar-refractivity contribution < 1.29 is 14.3 Å². The summed E-state index contributed by atoms with van der Waals surface area (Å²) in [6.07, 6.45) is 3.24. The van der Waals surface area contributed by atoms with Crippen molar-refractivity contribution in [1.82, 2.24) is 4.90 Å². The van der Waals surface area contributed by atoms with E-state index in [9.17, 15) is 9.59 Å². The maximum Gasteiger partial charge on any atom is 0.259 e. The lowest BCUT2D eigenvalue weighted by Crippen LogP contribution is -2.27. The highest BCUT2D eigenvalue weighted by atomic mass is 35.5. The van der Waals surface area contributed by atoms with Gasteiger partial charge in [-0.2, -0.15) is 0 Å². The van der Waals surface area contributed by atoms with Gasteiger partial charge in [0.2, 0.25) is 0 Å². The molecule has 1 heterocycles. The molecule has 6 heteroatoms. The van der Waals surface area contributed by atoms with Gasteiger partial charge in [-0.05, 0) is 48.6 Å². The number of ether oxygens (including phenoxy) is 1. The van der Waals surface area contributed by atoms with Crippen molar-refractivity contribution in [2.75, 3.05) is 20.7 Å². The van der Waals surface area contributed by atoms with E-state index in [0.29, 0.717) is 15.6 Å². The molecule has 120 valence electrons. The summed E-state index contributed by atoms with van der Waals surface area (Å²) in [5.74, 6) is 0.318. The Morgan fingerprint density at radius 3 is 2.43 bits per heavy atom. The number of carbonyl (C=O) groups is 2. The fourth-order valence-corrected chi connectivity index (χ4v) is 2.63. The van der Waals surface area contributed by atoms with E-state index in [4.69, 9.17) is 16.3 Å². The van der Waals surface area contributed by atoms with Crippen LogP contribution >= 0.6 is 22.9 Å². The number of thiophene rings is 1. The minimum Gasteiger partial charge on any atom is -0.484 e. The topological polar surface area (TPSA) is 46.6 Å². The molecular formula is C17H16ClNO3S. The standard InChI is InChI=1S/C17H16ClNO3S/c1-19(2)17(21)11-22-13-5-3-12(4-6-13)15(20)9-7-14-8-10-16(18)23-14/h3-10H,11H2,1-2H3. The van der Waals surface area contributed by atoms with Gasteiger partial charge in [0, 0.05) is 24.5 Å². The minimum atomic E-state index is -0.123. The molecule has 0 fully saturated rings. The molecule has 1 amide bonds. The van der Waals surface area contributed by atoms with Gasteiger partial charge in [-0.1, -0.05) is 11.6 Å². The molecule has 0 saturated heterocycles. The molecular weight excluding hydrogens is 334 g/mol. The van der Waals surface area contributed by atoms with E-state index >= 15 is 0 Å². The van der Waals surface area contributed by atoms with Crippen LogP contribution in [0.5, 0.6) is 5.75 Å². The molecule has 0 spiro atoms. The average Bonchev–Trinajstić information content (AvgIpc) is 2.96. The zero-order valence-corrected chi connectivity index (χ0v) is 14.4. The third-order valence-corrected chi connectivity index (χ3v) is 4.19. The van der Waals surface area contributed by atoms with Crippen LogP contribution in [0.2, 0.25) is 4.34 Å². The summed E-state index contributed by atoms with van der Waals surface area (Å²) in [6, 6.07) is 10.3. The van der Waals surface area contributed by atoms with Gasteiger partial charge in [-0.15, -0.1) is 11.3 Å². The number of hydrogen-bond acceptors (Lipinski definition) is 4. The van der Waals surface area contributed by atoms with Crippen LogP contribution in [0.25, 0.3) is 6.08 Å². The van der Waals surface area contributed by atoms with Gasteiger partial charge in [-0.3, -0.25) is 9.59 Å². The molecule has 0 aliphatic heterocycles. The number of carbonyl (C=O) groups excluding carboxylic acids is 2. The molecule has 0 aliphatic rings. The van der Waals surface area contributed by atoms with E-state index in [1.54, 1.807) is 50.5 Å². The number of rotatable bonds is 6. The molecule has 0 bridgehead atoms. The van der Waals surface area contributed by atoms with Gasteiger partial charge < -0.3 is 9.64 Å². The quantitative estimate of drug-likeness (QED) is 0.589. The van der Waals surface area contributed by atoms with Gasteiger partial charge in [0.25, 0.3) is 5.91 Å². The first kappa shape index (κ1) is 17.2. The highest BCUT2D eigenvalue weighted by Gasteiger charge is 2.06. The average molecular weight is 350 g/mol. The maximum absolute atomic E-state index is 12.1. The first-order chi connectivity index (χ1) is 11.0. The molecule has 0 radical (unpaired) electrons. The molecule has 4 nitrogen and oxygen atoms in total. The third kappa shape index (κ3) is 5.23. The molecule has 23 heavy (non-hydrogen) atoms. The van der Waals surface area contributed by atoms with Crippen molar-refractivity contribution in [3.63, 3.8) is 0 Å². The van der Waals surface area contributed by atoms with E-state index in [2.05, 4.69) is 0 Å². The number of halogens is 1. The van der Waals surface area contributed by atoms with Crippen molar-refractivity contribution in [2.45, 2.75) is 0 Å². The lowest BCUT2D eigenvalue weighted by Gasteiger charge is -2.11. The second kappa shape index (κ2) is 7.94. The Bertz CT molecular complexity index is 720. The molecule has 0 saturated carbocycles. The summed E-state index contributed by atoms with van der Waals surface area (Å²) < 4.78 is 6.05. The van der Waals surface area contributed by atoms with E-state index in [-0.39, 0.29) is 18.3 Å². The smallest absolute Gasteiger partial charge is 0.259 e. The van der Waals surface area contributed by atoms with E-state index in [1.807, 2.05) is 6.07 Å². The summed E-state index contributed by atoms with van der Waals surface area (Å²) in [4.78, 5) is 25.9. The summed E-state index contributed by atoms with van der Waals surface area (Å²) in [5, 5.41) is 0. The van der Waals surface area contributed by atoms with Gasteiger partial charge in [0.05, 0.1) is 4.34 Å². The van der Waals surface area contributed by atoms with Crippen LogP contribution in [-0.2, 0) is 4.79 Å². The predicted molar refractivity (Wildman–Crippen MR) is 93.3 cm³/mol. The van der Waals surface area contributed by atoms with Crippen LogP contribution in [0.3, 0.4) is 0 Å². The SMILES string of the molecule is CN(C)C(=O)COc1ccc(C(=O)C=Cc2ccc(Cl)s2)cc1. The van der Waals surface area contributed by atoms with E-state index < -0.39 is 0 Å². The molecule has 0 N–H and O–H groups in total. The van der Waals surface area contributed by atoms with Gasteiger partial charge >= 0.3 is 0 Å². The maximum atomic E-state index is 12.1. The number of ketones is 1. The Morgan fingerprint density at radius 2 is 1.87 bits per heavy atom. The zero-order chi connectivity index (χ0) is 16.8. The molecule has 0 unspecified atom stereocenters. The van der Waals surface area contributed by atoms with Crippen molar-refractivity contribution in [3.8, 4) is 5.75 Å². The molecule has 0 atom stereocenters. The number of benzene rings is 1. The first-order valence-corrected chi connectivity index (χ1v) is 8.06. The molecule has 1 aromatic heterocycles. The second-order valence-electron chi connectivity index (χ2n) is 4.94. The largest absolute Gasteiger partial charge is 0.484 e. The summed E-state index contributed by atoms with van der Waals surface area (Å²) in [5.41, 5.74) is 0.551. The molecule has 2 rings (SSSR count). The van der Waals surface area contributed by atoms with Crippen LogP contribution in [0.1, 0.15) is 15.2 Å². The summed E-state index contributed by atoms with van der Waals surface area (Å²) in [7, 11) is 3.33. The fraction of sp³-hybridized carbons (Fsp3) is 0.176. The Hall–Kier alpha value is -2.11. The van der Waals surface area contributed by atoms with Gasteiger partial charge in [-0.25, -0.2) is 0 Å². The Labute approximate surface area is 143 Å². The third-order valence-electron chi connectivity index (χ3n) is 2.99. The first-order valence-electron chi connectivity index (χ1n) is 6.86. The van der Waals surface area contributed by atoms with Gasteiger partial charge in [0.15, 0.2) is 12.4 Å². The summed E-state index contributed by atoms with van der Waals surface area (Å²) >= 11 is 7.25. The minimum absolute atomic E-state index is 0.0284. The van der Waals surface area contributed by atoms with Crippen LogP contribution < -0.4 is 4.74 Å². The number of amides is 1. The van der Waals surface area contributed by atoms with Gasteiger partial charge in [0.1, 0.15) is 5.75 Å². The van der Waals surface area contributed by atoms with Crippen LogP contribution in [0, 0.1) is 0 Å². The van der Waals surface area contributed by atoms with Crippen LogP contribution in [0.4, 0.5) is 0 Å². The summed E-state index contributed by atoms with van der Waals surface area (Å²) in [6.45, 7) is -0.0284. The molecule has 1 aromatic carbocycles. The number of hydrogen-bond donors (Lipinski definition) is 0. The number of allylic oxidation sites excluding steroid dienone is 1. The van der Waals surface area contributed by atoms with Crippen molar-refractivity contribution >= 4 is 40.7 Å². The second-order valence-corrected chi connectivity index (χ2v) is 6.69. The highest BCUT2D eigenvalue weighted by molar-refractivity contribution is 7.17. The van der Waals surface area contributed by atoms with Crippen LogP contribution in [0.15, 0.2) is 42.5 Å².